The molecular weight excluding hydrogens is 283 g/mol. The van der Waals surface area contributed by atoms with Gasteiger partial charge in [-0.3, -0.25) is 4.98 Å². The van der Waals surface area contributed by atoms with E-state index in [1.807, 2.05) is 26.0 Å². The van der Waals surface area contributed by atoms with Gasteiger partial charge in [0.2, 0.25) is 0 Å². The molecule has 5 heteroatoms. The van der Waals surface area contributed by atoms with Crippen LogP contribution in [0.3, 0.4) is 0 Å². The van der Waals surface area contributed by atoms with E-state index in [1.165, 1.54) is 13.2 Å². The highest BCUT2D eigenvalue weighted by Gasteiger charge is 2.09. The lowest BCUT2D eigenvalue weighted by Gasteiger charge is -2.09. The van der Waals surface area contributed by atoms with Crippen LogP contribution in [0.15, 0.2) is 35.5 Å². The van der Waals surface area contributed by atoms with Crippen molar-refractivity contribution < 1.29 is 14.0 Å². The molecule has 2 rings (SSSR count). The molecule has 116 valence electrons. The second kappa shape index (κ2) is 7.02. The number of halogens is 1. The van der Waals surface area contributed by atoms with Gasteiger partial charge in [-0.15, -0.1) is 0 Å². The van der Waals surface area contributed by atoms with Gasteiger partial charge in [0.05, 0.1) is 18.4 Å². The monoisotopic (exact) mass is 302 g/mol. The molecule has 0 saturated carbocycles. The van der Waals surface area contributed by atoms with Crippen LogP contribution < -0.4 is 4.74 Å². The minimum Gasteiger partial charge on any atom is -0.496 e. The molecule has 22 heavy (non-hydrogen) atoms. The summed E-state index contributed by atoms with van der Waals surface area (Å²) in [6.45, 7) is 5.73. The summed E-state index contributed by atoms with van der Waals surface area (Å²) in [6, 6.07) is 8.55. The number of ether oxygens (including phenoxy) is 1. The van der Waals surface area contributed by atoms with Gasteiger partial charge in [0.15, 0.2) is 0 Å². The number of aryl methyl sites for hydroxylation is 2. The maximum absolute atomic E-state index is 13.8. The van der Waals surface area contributed by atoms with E-state index in [1.54, 1.807) is 19.1 Å². The Hall–Kier alpha value is -2.43. The molecule has 0 atom stereocenters. The summed E-state index contributed by atoms with van der Waals surface area (Å²) >= 11 is 0. The van der Waals surface area contributed by atoms with Crippen LogP contribution in [0.4, 0.5) is 4.39 Å². The molecule has 0 bridgehead atoms. The SMILES string of the molecule is COc1cccc(F)c1CON=C(C)c1cc(C)cc(C)n1. The number of oxime groups is 1. The Kier molecular flexibility index (Phi) is 5.09. The van der Waals surface area contributed by atoms with E-state index >= 15 is 0 Å². The summed E-state index contributed by atoms with van der Waals surface area (Å²) in [4.78, 5) is 9.67. The average molecular weight is 302 g/mol. The highest BCUT2D eigenvalue weighted by atomic mass is 19.1. The van der Waals surface area contributed by atoms with E-state index in [0.717, 1.165) is 17.0 Å². The van der Waals surface area contributed by atoms with Crippen molar-refractivity contribution in [1.29, 1.82) is 0 Å². The molecule has 0 aliphatic rings. The summed E-state index contributed by atoms with van der Waals surface area (Å²) in [6.07, 6.45) is 0. The van der Waals surface area contributed by atoms with Crippen LogP contribution in [0.25, 0.3) is 0 Å². The Bertz CT molecular complexity index is 679. The van der Waals surface area contributed by atoms with Gasteiger partial charge in [-0.05, 0) is 50.6 Å². The fourth-order valence-electron chi connectivity index (χ4n) is 2.14. The van der Waals surface area contributed by atoms with Crippen molar-refractivity contribution in [2.45, 2.75) is 27.4 Å². The largest absolute Gasteiger partial charge is 0.496 e. The summed E-state index contributed by atoms with van der Waals surface area (Å²) in [5.74, 6) is 0.0640. The summed E-state index contributed by atoms with van der Waals surface area (Å²) in [5.41, 5.74) is 3.75. The van der Waals surface area contributed by atoms with Crippen molar-refractivity contribution in [1.82, 2.24) is 4.98 Å². The van der Waals surface area contributed by atoms with Crippen LogP contribution in [-0.4, -0.2) is 17.8 Å². The molecule has 0 saturated heterocycles. The van der Waals surface area contributed by atoms with E-state index in [2.05, 4.69) is 10.1 Å². The van der Waals surface area contributed by atoms with Gasteiger partial charge in [-0.1, -0.05) is 11.2 Å². The summed E-state index contributed by atoms with van der Waals surface area (Å²) in [5, 5.41) is 4.02. The second-order valence-electron chi connectivity index (χ2n) is 5.04. The Morgan fingerprint density at radius 3 is 2.73 bits per heavy atom. The van der Waals surface area contributed by atoms with Gasteiger partial charge in [0.25, 0.3) is 0 Å². The zero-order valence-corrected chi connectivity index (χ0v) is 13.2. The Morgan fingerprint density at radius 2 is 2.05 bits per heavy atom. The first-order valence-corrected chi connectivity index (χ1v) is 6.95. The normalized spacial score (nSPS) is 11.4. The third kappa shape index (κ3) is 3.81. The molecule has 1 aromatic carbocycles. The predicted octanol–water partition coefficient (Wildman–Crippen LogP) is 3.79. The Labute approximate surface area is 129 Å². The standard InChI is InChI=1S/C17H19FN2O2/c1-11-8-12(2)19-16(9-11)13(3)20-22-10-14-15(18)6-5-7-17(14)21-4/h5-9H,10H2,1-4H3. The minimum atomic E-state index is -0.378. The molecule has 2 aromatic rings. The quantitative estimate of drug-likeness (QED) is 0.623. The first kappa shape index (κ1) is 15.9. The molecule has 0 fully saturated rings. The van der Waals surface area contributed by atoms with E-state index < -0.39 is 0 Å². The third-order valence-corrected chi connectivity index (χ3v) is 3.17. The first-order chi connectivity index (χ1) is 10.5. The van der Waals surface area contributed by atoms with Crippen molar-refractivity contribution in [3.05, 3.63) is 58.7 Å². The van der Waals surface area contributed by atoms with Gasteiger partial charge in [-0.2, -0.15) is 0 Å². The lowest BCUT2D eigenvalue weighted by Crippen LogP contribution is -2.03. The van der Waals surface area contributed by atoms with E-state index in [-0.39, 0.29) is 12.4 Å². The van der Waals surface area contributed by atoms with Crippen molar-refractivity contribution in [3.63, 3.8) is 0 Å². The van der Waals surface area contributed by atoms with Crippen LogP contribution in [0.5, 0.6) is 5.75 Å². The molecule has 0 spiro atoms. The number of hydrogen-bond donors (Lipinski definition) is 0. The van der Waals surface area contributed by atoms with Gasteiger partial charge in [0, 0.05) is 5.69 Å². The predicted molar refractivity (Wildman–Crippen MR) is 83.7 cm³/mol. The highest BCUT2D eigenvalue weighted by Crippen LogP contribution is 2.22. The Morgan fingerprint density at radius 1 is 1.27 bits per heavy atom. The average Bonchev–Trinajstić information content (AvgIpc) is 2.47. The van der Waals surface area contributed by atoms with Crippen LogP contribution in [-0.2, 0) is 11.4 Å². The molecular formula is C17H19FN2O2. The van der Waals surface area contributed by atoms with Crippen molar-refractivity contribution in [2.24, 2.45) is 5.16 Å². The number of nitrogens with zero attached hydrogens (tertiary/aromatic N) is 2. The smallest absolute Gasteiger partial charge is 0.148 e. The molecule has 0 aliphatic carbocycles. The van der Waals surface area contributed by atoms with Crippen LogP contribution in [0.1, 0.15) is 29.4 Å². The van der Waals surface area contributed by atoms with Crippen molar-refractivity contribution in [3.8, 4) is 5.75 Å². The molecule has 0 N–H and O–H groups in total. The maximum atomic E-state index is 13.8. The summed E-state index contributed by atoms with van der Waals surface area (Å²) < 4.78 is 18.9. The number of hydrogen-bond acceptors (Lipinski definition) is 4. The maximum Gasteiger partial charge on any atom is 0.148 e. The Balaban J connectivity index is 2.12. The number of aromatic nitrogens is 1. The molecule has 0 radical (unpaired) electrons. The van der Waals surface area contributed by atoms with Crippen LogP contribution in [0.2, 0.25) is 0 Å². The number of pyridine rings is 1. The molecule has 0 unspecified atom stereocenters. The van der Waals surface area contributed by atoms with E-state index in [4.69, 9.17) is 9.57 Å². The molecule has 1 aromatic heterocycles. The number of benzene rings is 1. The molecule has 1 heterocycles. The third-order valence-electron chi connectivity index (χ3n) is 3.17. The fourth-order valence-corrected chi connectivity index (χ4v) is 2.14. The van der Waals surface area contributed by atoms with Crippen LogP contribution in [0, 0.1) is 19.7 Å². The van der Waals surface area contributed by atoms with Crippen LogP contribution >= 0.6 is 0 Å². The molecule has 0 amide bonds. The van der Waals surface area contributed by atoms with Crippen molar-refractivity contribution >= 4 is 5.71 Å². The van der Waals surface area contributed by atoms with E-state index in [0.29, 0.717) is 17.0 Å². The zero-order chi connectivity index (χ0) is 16.1. The topological polar surface area (TPSA) is 43.7 Å². The first-order valence-electron chi connectivity index (χ1n) is 6.95. The second-order valence-corrected chi connectivity index (χ2v) is 5.04. The minimum absolute atomic E-state index is 0.00200. The van der Waals surface area contributed by atoms with Gasteiger partial charge in [0.1, 0.15) is 23.9 Å². The van der Waals surface area contributed by atoms with Gasteiger partial charge in [-0.25, -0.2) is 4.39 Å². The summed E-state index contributed by atoms with van der Waals surface area (Å²) in [7, 11) is 1.49. The molecule has 4 nitrogen and oxygen atoms in total. The fraction of sp³-hybridized carbons (Fsp3) is 0.294. The van der Waals surface area contributed by atoms with E-state index in [9.17, 15) is 4.39 Å². The highest BCUT2D eigenvalue weighted by molar-refractivity contribution is 5.96. The lowest BCUT2D eigenvalue weighted by molar-refractivity contribution is 0.125. The zero-order valence-electron chi connectivity index (χ0n) is 13.2. The molecule has 0 aliphatic heterocycles. The van der Waals surface area contributed by atoms with Gasteiger partial charge >= 0.3 is 0 Å². The number of rotatable bonds is 5. The van der Waals surface area contributed by atoms with Crippen molar-refractivity contribution in [2.75, 3.05) is 7.11 Å². The van der Waals surface area contributed by atoms with Gasteiger partial charge < -0.3 is 9.57 Å². The number of methoxy groups -OCH3 is 1. The lowest BCUT2D eigenvalue weighted by atomic mass is 10.2.